The number of aliphatic hydroxyl groups is 6. The smallest absolute Gasteiger partial charge is 0.337 e. The number of carbonyl (C=O) groups is 1. The number of fused-ring (bicyclic) bond motifs is 1. The minimum Gasteiger partial charge on any atom is -0.471 e. The lowest BCUT2D eigenvalue weighted by molar-refractivity contribution is -0.340. The van der Waals surface area contributed by atoms with Gasteiger partial charge in [0.05, 0.1) is 43.7 Å². The predicted molar refractivity (Wildman–Crippen MR) is 92.6 cm³/mol. The monoisotopic (exact) mass is 418 g/mol. The van der Waals surface area contributed by atoms with E-state index in [0.29, 0.717) is 5.57 Å². The molecule has 6 N–H and O–H groups in total. The van der Waals surface area contributed by atoms with Crippen LogP contribution in [-0.2, 0) is 23.7 Å². The summed E-state index contributed by atoms with van der Waals surface area (Å²) in [4.78, 5) is 12.2. The highest BCUT2D eigenvalue weighted by molar-refractivity contribution is 5.89. The normalized spacial score (nSPS) is 41.8. The van der Waals surface area contributed by atoms with Crippen molar-refractivity contribution in [3.63, 3.8) is 0 Å². The Morgan fingerprint density at radius 2 is 1.79 bits per heavy atom. The second-order valence-electron chi connectivity index (χ2n) is 7.07. The molecule has 11 heteroatoms. The van der Waals surface area contributed by atoms with Gasteiger partial charge in [0.25, 0.3) is 0 Å². The number of hydrogen-bond acceptors (Lipinski definition) is 11. The lowest BCUT2D eigenvalue weighted by Gasteiger charge is -2.43. The first-order chi connectivity index (χ1) is 13.8. The molecule has 11 nitrogen and oxygen atoms in total. The fourth-order valence-corrected chi connectivity index (χ4v) is 3.89. The molecule has 1 fully saturated rings. The second kappa shape index (κ2) is 9.06. The van der Waals surface area contributed by atoms with Crippen LogP contribution < -0.4 is 0 Å². The van der Waals surface area contributed by atoms with Crippen molar-refractivity contribution in [2.75, 3.05) is 19.8 Å². The SMILES string of the molecule is CCOC(=O)C1=CO[C@@H](O[C@@H]2O[C@H](CO)[C@@H](O)[C@H](O)[C@H]2O)[C@@H]2C(CO)=C[C@@H](O)[C@H]12. The molecule has 2 aliphatic heterocycles. The minimum atomic E-state index is -1.65. The molecule has 3 rings (SSSR count). The van der Waals surface area contributed by atoms with Crippen molar-refractivity contribution in [3.8, 4) is 0 Å². The molecule has 0 amide bonds. The molecule has 9 atom stereocenters. The summed E-state index contributed by atoms with van der Waals surface area (Å²) in [6, 6.07) is 0. The highest BCUT2D eigenvalue weighted by atomic mass is 16.8. The molecule has 3 aliphatic rings. The summed E-state index contributed by atoms with van der Waals surface area (Å²) in [6.07, 6.45) is -7.33. The van der Waals surface area contributed by atoms with Crippen molar-refractivity contribution in [2.45, 2.75) is 50.0 Å². The summed E-state index contributed by atoms with van der Waals surface area (Å²) in [7, 11) is 0. The second-order valence-corrected chi connectivity index (χ2v) is 7.07. The van der Waals surface area contributed by atoms with Crippen LogP contribution in [0.2, 0.25) is 0 Å². The Hall–Kier alpha value is -1.57. The van der Waals surface area contributed by atoms with Gasteiger partial charge in [-0.05, 0) is 12.5 Å². The number of carbonyl (C=O) groups excluding carboxylic acids is 1. The Balaban J connectivity index is 1.84. The molecule has 2 heterocycles. The highest BCUT2D eigenvalue weighted by Gasteiger charge is 2.52. The van der Waals surface area contributed by atoms with Crippen LogP contribution in [0.15, 0.2) is 23.5 Å². The molecule has 1 aliphatic carbocycles. The summed E-state index contributed by atoms with van der Waals surface area (Å²) >= 11 is 0. The Kier molecular flexibility index (Phi) is 6.91. The zero-order chi connectivity index (χ0) is 21.3. The Labute approximate surface area is 166 Å². The van der Waals surface area contributed by atoms with E-state index in [9.17, 15) is 35.4 Å². The fraction of sp³-hybridized carbons (Fsp3) is 0.722. The van der Waals surface area contributed by atoms with Gasteiger partial charge >= 0.3 is 5.97 Å². The standard InChI is InChI=1S/C18H26O11/c1-2-26-16(25)8-6-27-17(11-7(4-19)3-9(21)12(8)11)29-18-15(24)14(23)13(22)10(5-20)28-18/h3,6,9-15,17-24H,2,4-5H2,1H3/t9-,10-,11-,12+,13-,14+,15-,17+,18+/m1/s1. The van der Waals surface area contributed by atoms with Crippen LogP contribution in [-0.4, -0.2) is 99.5 Å². The molecule has 0 unspecified atom stereocenters. The van der Waals surface area contributed by atoms with Crippen LogP contribution in [0.1, 0.15) is 6.92 Å². The maximum atomic E-state index is 12.2. The van der Waals surface area contributed by atoms with Crippen molar-refractivity contribution in [1.29, 1.82) is 0 Å². The van der Waals surface area contributed by atoms with Crippen LogP contribution in [0, 0.1) is 11.8 Å². The van der Waals surface area contributed by atoms with Crippen LogP contribution in [0.4, 0.5) is 0 Å². The van der Waals surface area contributed by atoms with Crippen LogP contribution in [0.25, 0.3) is 0 Å². The van der Waals surface area contributed by atoms with E-state index < -0.39 is 74.1 Å². The summed E-state index contributed by atoms with van der Waals surface area (Å²) < 4.78 is 21.4. The summed E-state index contributed by atoms with van der Waals surface area (Å²) in [5.74, 6) is -2.30. The lowest BCUT2D eigenvalue weighted by atomic mass is 9.82. The molecule has 0 saturated carbocycles. The van der Waals surface area contributed by atoms with Crippen molar-refractivity contribution in [3.05, 3.63) is 23.5 Å². The fourth-order valence-electron chi connectivity index (χ4n) is 3.89. The topological polar surface area (TPSA) is 175 Å². The average molecular weight is 418 g/mol. The predicted octanol–water partition coefficient (Wildman–Crippen LogP) is -2.87. The third-order valence-corrected chi connectivity index (χ3v) is 5.36. The van der Waals surface area contributed by atoms with Crippen LogP contribution in [0.5, 0.6) is 0 Å². The summed E-state index contributed by atoms with van der Waals surface area (Å²) in [5.41, 5.74) is 0.421. The number of esters is 1. The van der Waals surface area contributed by atoms with Gasteiger partial charge in [0, 0.05) is 5.92 Å². The molecule has 0 radical (unpaired) electrons. The van der Waals surface area contributed by atoms with Crippen molar-refractivity contribution in [2.24, 2.45) is 11.8 Å². The van der Waals surface area contributed by atoms with Gasteiger partial charge in [-0.15, -0.1) is 0 Å². The van der Waals surface area contributed by atoms with Gasteiger partial charge in [0.15, 0.2) is 6.29 Å². The molecule has 0 spiro atoms. The zero-order valence-electron chi connectivity index (χ0n) is 15.7. The maximum absolute atomic E-state index is 12.2. The lowest BCUT2D eigenvalue weighted by Crippen LogP contribution is -2.60. The van der Waals surface area contributed by atoms with Gasteiger partial charge in [-0.2, -0.15) is 0 Å². The van der Waals surface area contributed by atoms with Crippen LogP contribution >= 0.6 is 0 Å². The Bertz CT molecular complexity index is 660. The maximum Gasteiger partial charge on any atom is 0.337 e. The van der Waals surface area contributed by atoms with E-state index >= 15 is 0 Å². The largest absolute Gasteiger partial charge is 0.471 e. The van der Waals surface area contributed by atoms with Gasteiger partial charge in [0.1, 0.15) is 24.4 Å². The Morgan fingerprint density at radius 3 is 2.41 bits per heavy atom. The van der Waals surface area contributed by atoms with Gasteiger partial charge < -0.3 is 49.6 Å². The summed E-state index contributed by atoms with van der Waals surface area (Å²) in [6.45, 7) is 0.684. The van der Waals surface area contributed by atoms with Crippen molar-refractivity contribution < 1.29 is 54.4 Å². The molecule has 0 bridgehead atoms. The van der Waals surface area contributed by atoms with Crippen molar-refractivity contribution in [1.82, 2.24) is 0 Å². The molecule has 1 saturated heterocycles. The van der Waals surface area contributed by atoms with E-state index in [1.165, 1.54) is 6.08 Å². The zero-order valence-corrected chi connectivity index (χ0v) is 15.7. The van der Waals surface area contributed by atoms with E-state index in [4.69, 9.17) is 18.9 Å². The van der Waals surface area contributed by atoms with E-state index in [1.807, 2.05) is 0 Å². The molecule has 29 heavy (non-hydrogen) atoms. The van der Waals surface area contributed by atoms with Crippen molar-refractivity contribution >= 4 is 5.97 Å². The number of hydrogen-bond donors (Lipinski definition) is 6. The van der Waals surface area contributed by atoms with Gasteiger partial charge in [-0.1, -0.05) is 6.08 Å². The number of aliphatic hydroxyl groups excluding tert-OH is 6. The highest BCUT2D eigenvalue weighted by Crippen LogP contribution is 2.44. The quantitative estimate of drug-likeness (QED) is 0.193. The average Bonchev–Trinajstić information content (AvgIpc) is 3.05. The third-order valence-electron chi connectivity index (χ3n) is 5.36. The number of rotatable bonds is 6. The van der Waals surface area contributed by atoms with Gasteiger partial charge in [-0.3, -0.25) is 0 Å². The van der Waals surface area contributed by atoms with Gasteiger partial charge in [-0.25, -0.2) is 4.79 Å². The molecular formula is C18H26O11. The number of ether oxygens (including phenoxy) is 4. The minimum absolute atomic E-state index is 0.0673. The summed E-state index contributed by atoms with van der Waals surface area (Å²) in [5, 5.41) is 59.4. The van der Waals surface area contributed by atoms with Gasteiger partial charge in [0.2, 0.25) is 6.29 Å². The van der Waals surface area contributed by atoms with E-state index in [0.717, 1.165) is 6.26 Å². The molecule has 0 aromatic rings. The molecule has 0 aromatic carbocycles. The first kappa shape index (κ1) is 22.1. The third kappa shape index (κ3) is 4.05. The molecule has 0 aromatic heterocycles. The first-order valence-corrected chi connectivity index (χ1v) is 9.32. The van der Waals surface area contributed by atoms with E-state index in [2.05, 4.69) is 0 Å². The van der Waals surface area contributed by atoms with E-state index in [1.54, 1.807) is 6.92 Å². The molecule has 164 valence electrons. The van der Waals surface area contributed by atoms with Crippen LogP contribution in [0.3, 0.4) is 0 Å². The molecular weight excluding hydrogens is 392 g/mol. The first-order valence-electron chi connectivity index (χ1n) is 9.32. The Morgan fingerprint density at radius 1 is 1.07 bits per heavy atom. The van der Waals surface area contributed by atoms with E-state index in [-0.39, 0.29) is 12.2 Å².